The Kier molecular flexibility index (Phi) is 6.02. The highest BCUT2D eigenvalue weighted by molar-refractivity contribution is 7.08. The number of nitrogens with zero attached hydrogens (tertiary/aromatic N) is 2. The summed E-state index contributed by atoms with van der Waals surface area (Å²) in [5, 5.41) is 3.90. The molecular weight excluding hydrogens is 368 g/mol. The van der Waals surface area contributed by atoms with Crippen LogP contribution in [-0.4, -0.2) is 28.9 Å². The van der Waals surface area contributed by atoms with Gasteiger partial charge in [-0.2, -0.15) is 11.3 Å². The third-order valence-corrected chi connectivity index (χ3v) is 5.96. The fraction of sp³-hybridized carbons (Fsp3) is 0.304. The van der Waals surface area contributed by atoms with Crippen molar-refractivity contribution in [3.05, 3.63) is 82.3 Å². The molecule has 0 aliphatic carbocycles. The number of pyridine rings is 1. The molecule has 5 heteroatoms. The Morgan fingerprint density at radius 3 is 2.43 bits per heavy atom. The molecule has 1 fully saturated rings. The van der Waals surface area contributed by atoms with E-state index in [2.05, 4.69) is 29.2 Å². The van der Waals surface area contributed by atoms with Crippen LogP contribution in [0, 0.1) is 5.92 Å². The summed E-state index contributed by atoms with van der Waals surface area (Å²) in [5.41, 5.74) is 3.35. The van der Waals surface area contributed by atoms with E-state index in [0.29, 0.717) is 12.5 Å². The van der Waals surface area contributed by atoms with Crippen LogP contribution in [0.4, 0.5) is 0 Å². The quantitative estimate of drug-likeness (QED) is 0.604. The summed E-state index contributed by atoms with van der Waals surface area (Å²) < 4.78 is 5.77. The van der Waals surface area contributed by atoms with Crippen molar-refractivity contribution in [2.45, 2.75) is 25.9 Å². The molecular formula is C23H24N2O2S. The maximum Gasteiger partial charge on any atom is 0.254 e. The first-order valence-electron chi connectivity index (χ1n) is 9.70. The number of thiophene rings is 1. The van der Waals surface area contributed by atoms with Gasteiger partial charge in [0.25, 0.3) is 5.91 Å². The van der Waals surface area contributed by atoms with Gasteiger partial charge in [-0.15, -0.1) is 0 Å². The highest BCUT2D eigenvalue weighted by Gasteiger charge is 2.23. The Hall–Kier alpha value is -2.66. The molecule has 144 valence electrons. The molecule has 1 aliphatic heterocycles. The lowest BCUT2D eigenvalue weighted by Crippen LogP contribution is -2.38. The SMILES string of the molecule is O=C(c1ccsc1)N1CCC(Cc2ccc(COc3ccncc3)cc2)CC1. The predicted molar refractivity (Wildman–Crippen MR) is 112 cm³/mol. The molecule has 0 atom stereocenters. The average molecular weight is 393 g/mol. The van der Waals surface area contributed by atoms with Crippen LogP contribution in [0.5, 0.6) is 5.75 Å². The van der Waals surface area contributed by atoms with Gasteiger partial charge in [0.2, 0.25) is 0 Å². The summed E-state index contributed by atoms with van der Waals surface area (Å²) in [4.78, 5) is 18.4. The third-order valence-electron chi connectivity index (χ3n) is 5.27. The first-order valence-corrected chi connectivity index (χ1v) is 10.6. The second-order valence-electron chi connectivity index (χ2n) is 7.24. The van der Waals surface area contributed by atoms with E-state index in [-0.39, 0.29) is 5.91 Å². The zero-order valence-corrected chi connectivity index (χ0v) is 16.6. The number of rotatable bonds is 6. The topological polar surface area (TPSA) is 42.4 Å². The molecule has 28 heavy (non-hydrogen) atoms. The highest BCUT2D eigenvalue weighted by Crippen LogP contribution is 2.24. The molecule has 1 amide bonds. The first-order chi connectivity index (χ1) is 13.8. The maximum absolute atomic E-state index is 12.4. The Morgan fingerprint density at radius 1 is 1.04 bits per heavy atom. The van der Waals surface area contributed by atoms with Crippen LogP contribution in [0.15, 0.2) is 65.6 Å². The van der Waals surface area contributed by atoms with Gasteiger partial charge in [-0.25, -0.2) is 0 Å². The number of carbonyl (C=O) groups excluding carboxylic acids is 1. The molecule has 4 nitrogen and oxygen atoms in total. The van der Waals surface area contributed by atoms with Gasteiger partial charge >= 0.3 is 0 Å². The molecule has 1 saturated heterocycles. The minimum Gasteiger partial charge on any atom is -0.489 e. The molecule has 0 N–H and O–H groups in total. The van der Waals surface area contributed by atoms with Crippen LogP contribution >= 0.6 is 11.3 Å². The summed E-state index contributed by atoms with van der Waals surface area (Å²) in [6.07, 6.45) is 6.69. The molecule has 1 aromatic carbocycles. The fourth-order valence-electron chi connectivity index (χ4n) is 3.61. The standard InChI is InChI=1S/C23H24N2O2S/c26-23(21-9-14-28-17-21)25-12-7-19(8-13-25)15-18-1-3-20(4-2-18)16-27-22-5-10-24-11-6-22/h1-6,9-11,14,17,19H,7-8,12-13,15-16H2. The number of amides is 1. The summed E-state index contributed by atoms with van der Waals surface area (Å²) in [7, 11) is 0. The molecule has 0 radical (unpaired) electrons. The molecule has 3 aromatic rings. The summed E-state index contributed by atoms with van der Waals surface area (Å²) in [6.45, 7) is 2.28. The number of ether oxygens (including phenoxy) is 1. The van der Waals surface area contributed by atoms with Crippen molar-refractivity contribution in [3.8, 4) is 5.75 Å². The highest BCUT2D eigenvalue weighted by atomic mass is 32.1. The molecule has 0 spiro atoms. The van der Waals surface area contributed by atoms with E-state index in [9.17, 15) is 4.79 Å². The molecule has 0 unspecified atom stereocenters. The van der Waals surface area contributed by atoms with Crippen molar-refractivity contribution in [2.75, 3.05) is 13.1 Å². The summed E-state index contributed by atoms with van der Waals surface area (Å²) in [5.74, 6) is 1.66. The predicted octanol–water partition coefficient (Wildman–Crippen LogP) is 4.82. The first kappa shape index (κ1) is 18.7. The Morgan fingerprint density at radius 2 is 1.75 bits per heavy atom. The van der Waals surface area contributed by atoms with Crippen LogP contribution < -0.4 is 4.74 Å². The minimum absolute atomic E-state index is 0.179. The molecule has 4 rings (SSSR count). The number of benzene rings is 1. The lowest BCUT2D eigenvalue weighted by Gasteiger charge is -2.32. The zero-order valence-electron chi connectivity index (χ0n) is 15.8. The van der Waals surface area contributed by atoms with Gasteiger partial charge in [0.1, 0.15) is 12.4 Å². The van der Waals surface area contributed by atoms with Gasteiger partial charge in [0.15, 0.2) is 0 Å². The lowest BCUT2D eigenvalue weighted by molar-refractivity contribution is 0.0691. The van der Waals surface area contributed by atoms with Crippen LogP contribution in [0.2, 0.25) is 0 Å². The van der Waals surface area contributed by atoms with E-state index in [4.69, 9.17) is 4.74 Å². The smallest absolute Gasteiger partial charge is 0.254 e. The van der Waals surface area contributed by atoms with Gasteiger partial charge in [0, 0.05) is 30.9 Å². The van der Waals surface area contributed by atoms with Crippen LogP contribution in [-0.2, 0) is 13.0 Å². The lowest BCUT2D eigenvalue weighted by atomic mass is 9.90. The van der Waals surface area contributed by atoms with Gasteiger partial charge in [0.05, 0.1) is 5.56 Å². The zero-order chi connectivity index (χ0) is 19.2. The Bertz CT molecular complexity index is 871. The number of likely N-dealkylation sites (tertiary alicyclic amines) is 1. The third kappa shape index (κ3) is 4.78. The fourth-order valence-corrected chi connectivity index (χ4v) is 4.24. The molecule has 2 aromatic heterocycles. The van der Waals surface area contributed by atoms with Crippen molar-refractivity contribution in [1.82, 2.24) is 9.88 Å². The normalized spacial score (nSPS) is 14.8. The van der Waals surface area contributed by atoms with E-state index >= 15 is 0 Å². The van der Waals surface area contributed by atoms with E-state index in [1.165, 1.54) is 5.56 Å². The van der Waals surface area contributed by atoms with Crippen LogP contribution in [0.3, 0.4) is 0 Å². The van der Waals surface area contributed by atoms with Gasteiger partial charge in [-0.05, 0) is 59.9 Å². The monoisotopic (exact) mass is 392 g/mol. The minimum atomic E-state index is 0.179. The molecule has 0 bridgehead atoms. The summed E-state index contributed by atoms with van der Waals surface area (Å²) in [6, 6.07) is 14.3. The molecule has 1 aliphatic rings. The number of aromatic nitrogens is 1. The largest absolute Gasteiger partial charge is 0.489 e. The van der Waals surface area contributed by atoms with E-state index in [1.807, 2.05) is 33.9 Å². The van der Waals surface area contributed by atoms with Crippen molar-refractivity contribution in [3.63, 3.8) is 0 Å². The number of piperidine rings is 1. The Labute approximate surface area is 169 Å². The van der Waals surface area contributed by atoms with E-state index < -0.39 is 0 Å². The second-order valence-corrected chi connectivity index (χ2v) is 8.02. The molecule has 3 heterocycles. The van der Waals surface area contributed by atoms with E-state index in [0.717, 1.165) is 49.2 Å². The Balaban J connectivity index is 1.24. The molecule has 0 saturated carbocycles. The number of hydrogen-bond donors (Lipinski definition) is 0. The van der Waals surface area contributed by atoms with Gasteiger partial charge < -0.3 is 9.64 Å². The van der Waals surface area contributed by atoms with Crippen molar-refractivity contribution < 1.29 is 9.53 Å². The number of carbonyl (C=O) groups is 1. The maximum atomic E-state index is 12.4. The van der Waals surface area contributed by atoms with Crippen LogP contribution in [0.1, 0.15) is 34.3 Å². The van der Waals surface area contributed by atoms with Crippen molar-refractivity contribution >= 4 is 17.2 Å². The van der Waals surface area contributed by atoms with Crippen LogP contribution in [0.25, 0.3) is 0 Å². The van der Waals surface area contributed by atoms with Gasteiger partial charge in [-0.1, -0.05) is 24.3 Å². The van der Waals surface area contributed by atoms with Crippen molar-refractivity contribution in [2.24, 2.45) is 5.92 Å². The van der Waals surface area contributed by atoms with Crippen molar-refractivity contribution in [1.29, 1.82) is 0 Å². The summed E-state index contributed by atoms with van der Waals surface area (Å²) >= 11 is 1.58. The van der Waals surface area contributed by atoms with E-state index in [1.54, 1.807) is 23.7 Å². The van der Waals surface area contributed by atoms with Gasteiger partial charge in [-0.3, -0.25) is 9.78 Å². The number of hydrogen-bond acceptors (Lipinski definition) is 4. The second kappa shape index (κ2) is 9.02. The average Bonchev–Trinajstić information content (AvgIpc) is 3.29.